The molecule has 0 aliphatic carbocycles. The molecule has 10 rings (SSSR count). The molecule has 0 bridgehead atoms. The van der Waals surface area contributed by atoms with Crippen LogP contribution in [0.2, 0.25) is 0 Å². The Morgan fingerprint density at radius 3 is 1.98 bits per heavy atom. The predicted octanol–water partition coefficient (Wildman–Crippen LogP) is 13.9. The molecule has 2 heterocycles. The molecule has 0 saturated carbocycles. The monoisotopic (exact) mass is 643 g/mol. The maximum atomic E-state index is 6.25. The highest BCUT2D eigenvalue weighted by molar-refractivity contribution is 7.26. The van der Waals surface area contributed by atoms with Crippen LogP contribution in [0.4, 0.5) is 17.1 Å². The number of fused-ring (bicyclic) bond motifs is 7. The van der Waals surface area contributed by atoms with Crippen molar-refractivity contribution in [1.29, 1.82) is 0 Å². The van der Waals surface area contributed by atoms with E-state index in [9.17, 15) is 0 Å². The number of anilines is 3. The van der Waals surface area contributed by atoms with Crippen LogP contribution in [0, 0.1) is 0 Å². The zero-order valence-corrected chi connectivity index (χ0v) is 27.3. The third-order valence-electron chi connectivity index (χ3n) is 9.65. The number of hydrogen-bond acceptors (Lipinski definition) is 3. The standard InChI is InChI=1S/C46H29NOS/c1-2-12-31(13-3-1)36-25-23-34(28-41(36)40-18-10-17-39-38-16-7-9-20-45(38)49-46(39)40)47(33-22-21-30-11-4-5-14-32(30)27-33)35-24-26-44-42(29-35)37-15-6-8-19-43(37)48-44/h1-29H. The van der Waals surface area contributed by atoms with Crippen LogP contribution in [-0.2, 0) is 0 Å². The van der Waals surface area contributed by atoms with E-state index in [4.69, 9.17) is 4.42 Å². The third-order valence-corrected chi connectivity index (χ3v) is 10.9. The molecule has 230 valence electrons. The first kappa shape index (κ1) is 27.9. The number of furan rings is 1. The van der Waals surface area contributed by atoms with Gasteiger partial charge in [0, 0.05) is 53.6 Å². The fourth-order valence-electron chi connectivity index (χ4n) is 7.34. The molecule has 0 saturated heterocycles. The molecule has 0 aliphatic rings. The van der Waals surface area contributed by atoms with Gasteiger partial charge in [-0.15, -0.1) is 11.3 Å². The lowest BCUT2D eigenvalue weighted by molar-refractivity contribution is 0.669. The smallest absolute Gasteiger partial charge is 0.135 e. The minimum Gasteiger partial charge on any atom is -0.456 e. The lowest BCUT2D eigenvalue weighted by atomic mass is 9.92. The van der Waals surface area contributed by atoms with Gasteiger partial charge in [0.05, 0.1) is 0 Å². The second-order valence-corrected chi connectivity index (χ2v) is 13.6. The molecular formula is C46H29NOS. The van der Waals surface area contributed by atoms with E-state index in [0.29, 0.717) is 0 Å². The molecule has 0 radical (unpaired) electrons. The molecule has 0 fully saturated rings. The Labute approximate surface area is 287 Å². The molecule has 2 nitrogen and oxygen atoms in total. The zero-order valence-electron chi connectivity index (χ0n) is 26.5. The fraction of sp³-hybridized carbons (Fsp3) is 0. The quantitative estimate of drug-likeness (QED) is 0.186. The van der Waals surface area contributed by atoms with Gasteiger partial charge in [-0.25, -0.2) is 0 Å². The van der Waals surface area contributed by atoms with E-state index in [2.05, 4.69) is 169 Å². The Kier molecular flexibility index (Phi) is 6.39. The minimum absolute atomic E-state index is 0.889. The molecule has 0 unspecified atom stereocenters. The average Bonchev–Trinajstić information content (AvgIpc) is 3.74. The van der Waals surface area contributed by atoms with Gasteiger partial charge in [-0.1, -0.05) is 121 Å². The van der Waals surface area contributed by atoms with Crippen LogP contribution in [0.15, 0.2) is 180 Å². The van der Waals surface area contributed by atoms with E-state index in [1.54, 1.807) is 0 Å². The fourth-order valence-corrected chi connectivity index (χ4v) is 8.57. The van der Waals surface area contributed by atoms with Crippen molar-refractivity contribution in [3.8, 4) is 22.3 Å². The molecule has 0 spiro atoms. The van der Waals surface area contributed by atoms with Crippen LogP contribution >= 0.6 is 11.3 Å². The van der Waals surface area contributed by atoms with Gasteiger partial charge < -0.3 is 9.32 Å². The summed E-state index contributed by atoms with van der Waals surface area (Å²) in [4.78, 5) is 2.39. The second-order valence-electron chi connectivity index (χ2n) is 12.5. The van der Waals surface area contributed by atoms with E-state index in [-0.39, 0.29) is 0 Å². The number of benzene rings is 8. The van der Waals surface area contributed by atoms with E-state index < -0.39 is 0 Å². The molecule has 8 aromatic carbocycles. The summed E-state index contributed by atoms with van der Waals surface area (Å²) in [6.07, 6.45) is 0. The summed E-state index contributed by atoms with van der Waals surface area (Å²) in [6, 6.07) is 63.4. The van der Waals surface area contributed by atoms with E-state index in [0.717, 1.165) is 39.0 Å². The molecule has 2 aromatic heterocycles. The summed E-state index contributed by atoms with van der Waals surface area (Å²) in [5.74, 6) is 0. The van der Waals surface area contributed by atoms with Crippen LogP contribution in [-0.4, -0.2) is 0 Å². The van der Waals surface area contributed by atoms with Gasteiger partial charge in [0.25, 0.3) is 0 Å². The Hall–Kier alpha value is -6.16. The van der Waals surface area contributed by atoms with Crippen molar-refractivity contribution in [3.05, 3.63) is 176 Å². The molecule has 3 heteroatoms. The largest absolute Gasteiger partial charge is 0.456 e. The highest BCUT2D eigenvalue weighted by Crippen LogP contribution is 2.46. The predicted molar refractivity (Wildman–Crippen MR) is 210 cm³/mol. The van der Waals surface area contributed by atoms with Gasteiger partial charge in [-0.2, -0.15) is 0 Å². The normalized spacial score (nSPS) is 11.7. The lowest BCUT2D eigenvalue weighted by Gasteiger charge is -2.27. The van der Waals surface area contributed by atoms with Gasteiger partial charge in [-0.3, -0.25) is 0 Å². The molecule has 0 atom stereocenters. The zero-order chi connectivity index (χ0) is 32.3. The van der Waals surface area contributed by atoms with Gasteiger partial charge in [0.2, 0.25) is 0 Å². The Morgan fingerprint density at radius 2 is 1.06 bits per heavy atom. The highest BCUT2D eigenvalue weighted by Gasteiger charge is 2.20. The number of nitrogens with zero attached hydrogens (tertiary/aromatic N) is 1. The van der Waals surface area contributed by atoms with Gasteiger partial charge in [0.1, 0.15) is 11.2 Å². The Bertz CT molecular complexity index is 2840. The van der Waals surface area contributed by atoms with E-state index in [1.807, 2.05) is 23.5 Å². The molecule has 49 heavy (non-hydrogen) atoms. The van der Waals surface area contributed by atoms with Gasteiger partial charge in [-0.05, 0) is 82.1 Å². The summed E-state index contributed by atoms with van der Waals surface area (Å²) in [5, 5.41) is 7.26. The maximum absolute atomic E-state index is 6.25. The van der Waals surface area contributed by atoms with Crippen LogP contribution in [0.1, 0.15) is 0 Å². The molecule has 0 N–H and O–H groups in total. The lowest BCUT2D eigenvalue weighted by Crippen LogP contribution is -2.10. The summed E-state index contributed by atoms with van der Waals surface area (Å²) in [7, 11) is 0. The van der Waals surface area contributed by atoms with Crippen molar-refractivity contribution in [1.82, 2.24) is 0 Å². The van der Waals surface area contributed by atoms with Crippen molar-refractivity contribution in [3.63, 3.8) is 0 Å². The van der Waals surface area contributed by atoms with Crippen LogP contribution in [0.25, 0.3) is 75.1 Å². The highest BCUT2D eigenvalue weighted by atomic mass is 32.1. The first-order chi connectivity index (χ1) is 24.3. The van der Waals surface area contributed by atoms with Crippen LogP contribution in [0.5, 0.6) is 0 Å². The average molecular weight is 644 g/mol. The molecular weight excluding hydrogens is 615 g/mol. The number of hydrogen-bond donors (Lipinski definition) is 0. The van der Waals surface area contributed by atoms with Crippen LogP contribution < -0.4 is 4.90 Å². The first-order valence-electron chi connectivity index (χ1n) is 16.6. The number of rotatable bonds is 5. The van der Waals surface area contributed by atoms with Gasteiger partial charge in [0.15, 0.2) is 0 Å². The third kappa shape index (κ3) is 4.62. The van der Waals surface area contributed by atoms with Crippen molar-refractivity contribution < 1.29 is 4.42 Å². The summed E-state index contributed by atoms with van der Waals surface area (Å²) < 4.78 is 8.86. The van der Waals surface area contributed by atoms with Crippen LogP contribution in [0.3, 0.4) is 0 Å². The van der Waals surface area contributed by atoms with Crippen molar-refractivity contribution in [2.75, 3.05) is 4.90 Å². The number of thiophene rings is 1. The SMILES string of the molecule is c1ccc(-c2ccc(N(c3ccc4ccccc4c3)c3ccc4oc5ccccc5c4c3)cc2-c2cccc3c2sc2ccccc23)cc1. The molecule has 0 amide bonds. The van der Waals surface area contributed by atoms with Gasteiger partial charge >= 0.3 is 0 Å². The second kappa shape index (κ2) is 11.2. The Morgan fingerprint density at radius 1 is 0.388 bits per heavy atom. The van der Waals surface area contributed by atoms with E-state index >= 15 is 0 Å². The van der Waals surface area contributed by atoms with E-state index in [1.165, 1.54) is 53.2 Å². The minimum atomic E-state index is 0.889. The van der Waals surface area contributed by atoms with Crippen molar-refractivity contribution in [2.45, 2.75) is 0 Å². The summed E-state index contributed by atoms with van der Waals surface area (Å²) in [5.41, 5.74) is 9.93. The molecule has 10 aromatic rings. The summed E-state index contributed by atoms with van der Waals surface area (Å²) >= 11 is 1.87. The van der Waals surface area contributed by atoms with Crippen molar-refractivity contribution >= 4 is 81.3 Å². The number of para-hydroxylation sites is 1. The topological polar surface area (TPSA) is 16.4 Å². The first-order valence-corrected chi connectivity index (χ1v) is 17.4. The van der Waals surface area contributed by atoms with Crippen molar-refractivity contribution in [2.24, 2.45) is 0 Å². The summed E-state index contributed by atoms with van der Waals surface area (Å²) in [6.45, 7) is 0. The maximum Gasteiger partial charge on any atom is 0.135 e. The Balaban J connectivity index is 1.25. The molecule has 0 aliphatic heterocycles.